The molecule has 0 heterocycles. The molecule has 0 aliphatic carbocycles. The third-order valence-corrected chi connectivity index (χ3v) is 1.85. The average Bonchev–Trinajstić information content (AvgIpc) is 2.37. The standard InChI is InChI=1S/C10H18O8/c1-15-3-5-17-9(13)7(11)8(12)10(14)18-6-4-16-2/h7-8,11-12H,3-6H2,1-2H3. The van der Waals surface area contributed by atoms with Crippen LogP contribution in [0.25, 0.3) is 0 Å². The summed E-state index contributed by atoms with van der Waals surface area (Å²) in [6.07, 6.45) is -3.98. The summed E-state index contributed by atoms with van der Waals surface area (Å²) >= 11 is 0. The van der Waals surface area contributed by atoms with E-state index in [1.54, 1.807) is 0 Å². The van der Waals surface area contributed by atoms with Gasteiger partial charge in [0, 0.05) is 14.2 Å². The lowest BCUT2D eigenvalue weighted by Gasteiger charge is -2.15. The molecule has 0 fully saturated rings. The lowest BCUT2D eigenvalue weighted by Crippen LogP contribution is -2.42. The maximum Gasteiger partial charge on any atom is 0.338 e. The van der Waals surface area contributed by atoms with Crippen LogP contribution in [0.4, 0.5) is 0 Å². The molecular weight excluding hydrogens is 248 g/mol. The molecule has 8 heteroatoms. The first-order valence-corrected chi connectivity index (χ1v) is 5.21. The summed E-state index contributed by atoms with van der Waals surface area (Å²) in [6.45, 7) is 0.120. The number of carbonyl (C=O) groups excluding carboxylic acids is 2. The molecule has 18 heavy (non-hydrogen) atoms. The van der Waals surface area contributed by atoms with Crippen LogP contribution in [0.5, 0.6) is 0 Å². The number of rotatable bonds is 9. The molecule has 2 unspecified atom stereocenters. The molecule has 0 spiro atoms. The Morgan fingerprint density at radius 2 is 1.17 bits per heavy atom. The molecule has 0 aromatic carbocycles. The summed E-state index contributed by atoms with van der Waals surface area (Å²) in [5.41, 5.74) is 0. The quantitative estimate of drug-likeness (QED) is 0.367. The summed E-state index contributed by atoms with van der Waals surface area (Å²) in [5.74, 6) is -2.24. The van der Waals surface area contributed by atoms with Gasteiger partial charge in [-0.1, -0.05) is 0 Å². The topological polar surface area (TPSA) is 112 Å². The molecular formula is C10H18O8. The van der Waals surface area contributed by atoms with Crippen LogP contribution < -0.4 is 0 Å². The number of methoxy groups -OCH3 is 2. The van der Waals surface area contributed by atoms with Crippen LogP contribution in [0.2, 0.25) is 0 Å². The van der Waals surface area contributed by atoms with Crippen molar-refractivity contribution in [1.82, 2.24) is 0 Å². The van der Waals surface area contributed by atoms with E-state index in [-0.39, 0.29) is 26.4 Å². The van der Waals surface area contributed by atoms with Crippen molar-refractivity contribution in [3.63, 3.8) is 0 Å². The molecule has 0 saturated heterocycles. The predicted molar refractivity (Wildman–Crippen MR) is 57.7 cm³/mol. The molecule has 0 rings (SSSR count). The van der Waals surface area contributed by atoms with Crippen LogP contribution in [0, 0.1) is 0 Å². The Labute approximate surface area is 104 Å². The smallest absolute Gasteiger partial charge is 0.338 e. The number of carbonyl (C=O) groups is 2. The van der Waals surface area contributed by atoms with E-state index >= 15 is 0 Å². The van der Waals surface area contributed by atoms with Crippen molar-refractivity contribution in [1.29, 1.82) is 0 Å². The van der Waals surface area contributed by atoms with Gasteiger partial charge in [-0.2, -0.15) is 0 Å². The number of hydrogen-bond acceptors (Lipinski definition) is 8. The molecule has 0 aliphatic rings. The highest BCUT2D eigenvalue weighted by molar-refractivity contribution is 5.85. The van der Waals surface area contributed by atoms with Crippen LogP contribution in [0.3, 0.4) is 0 Å². The van der Waals surface area contributed by atoms with Crippen molar-refractivity contribution in [2.45, 2.75) is 12.2 Å². The maximum atomic E-state index is 11.2. The van der Waals surface area contributed by atoms with E-state index in [0.717, 1.165) is 0 Å². The van der Waals surface area contributed by atoms with Crippen LogP contribution in [-0.4, -0.2) is 75.0 Å². The molecule has 0 radical (unpaired) electrons. The Hall–Kier alpha value is -1.22. The van der Waals surface area contributed by atoms with E-state index in [1.807, 2.05) is 0 Å². The Kier molecular flexibility index (Phi) is 9.11. The lowest BCUT2D eigenvalue weighted by molar-refractivity contribution is -0.174. The van der Waals surface area contributed by atoms with Gasteiger partial charge in [0.25, 0.3) is 0 Å². The second-order valence-corrected chi connectivity index (χ2v) is 3.21. The van der Waals surface area contributed by atoms with Gasteiger partial charge in [0.2, 0.25) is 0 Å². The molecule has 0 saturated carbocycles. The summed E-state index contributed by atoms with van der Waals surface area (Å²) in [6, 6.07) is 0. The Morgan fingerprint density at radius 1 is 0.833 bits per heavy atom. The van der Waals surface area contributed by atoms with Crippen molar-refractivity contribution < 1.29 is 38.7 Å². The van der Waals surface area contributed by atoms with Gasteiger partial charge in [0.15, 0.2) is 12.2 Å². The number of esters is 2. The third-order valence-electron chi connectivity index (χ3n) is 1.85. The van der Waals surface area contributed by atoms with E-state index in [2.05, 4.69) is 18.9 Å². The van der Waals surface area contributed by atoms with E-state index in [9.17, 15) is 19.8 Å². The molecule has 106 valence electrons. The highest BCUT2D eigenvalue weighted by Gasteiger charge is 2.32. The fraction of sp³-hybridized carbons (Fsp3) is 0.800. The first-order valence-electron chi connectivity index (χ1n) is 5.21. The van der Waals surface area contributed by atoms with Crippen LogP contribution in [0.1, 0.15) is 0 Å². The van der Waals surface area contributed by atoms with E-state index < -0.39 is 24.1 Å². The molecule has 0 aliphatic heterocycles. The minimum atomic E-state index is -1.99. The normalized spacial score (nSPS) is 13.8. The van der Waals surface area contributed by atoms with Crippen molar-refractivity contribution in [3.8, 4) is 0 Å². The second kappa shape index (κ2) is 9.77. The van der Waals surface area contributed by atoms with Crippen molar-refractivity contribution in [3.05, 3.63) is 0 Å². The van der Waals surface area contributed by atoms with Gasteiger partial charge in [-0.15, -0.1) is 0 Å². The van der Waals surface area contributed by atoms with E-state index in [1.165, 1.54) is 14.2 Å². The number of aliphatic hydroxyl groups is 2. The van der Waals surface area contributed by atoms with Crippen molar-refractivity contribution >= 4 is 11.9 Å². The molecule has 0 aromatic rings. The summed E-state index contributed by atoms with van der Waals surface area (Å²) in [7, 11) is 2.82. The number of ether oxygens (including phenoxy) is 4. The molecule has 0 aromatic heterocycles. The number of hydrogen-bond donors (Lipinski definition) is 2. The van der Waals surface area contributed by atoms with Gasteiger partial charge < -0.3 is 29.2 Å². The van der Waals surface area contributed by atoms with Crippen LogP contribution >= 0.6 is 0 Å². The Bertz CT molecular complexity index is 228. The fourth-order valence-corrected chi connectivity index (χ4v) is 0.880. The van der Waals surface area contributed by atoms with Crippen LogP contribution in [0.15, 0.2) is 0 Å². The molecule has 8 nitrogen and oxygen atoms in total. The van der Waals surface area contributed by atoms with E-state index in [0.29, 0.717) is 0 Å². The van der Waals surface area contributed by atoms with Gasteiger partial charge in [0.1, 0.15) is 13.2 Å². The molecule has 2 atom stereocenters. The van der Waals surface area contributed by atoms with Gasteiger partial charge >= 0.3 is 11.9 Å². The SMILES string of the molecule is COCCOC(=O)C(O)C(O)C(=O)OCCOC. The first kappa shape index (κ1) is 16.8. The van der Waals surface area contributed by atoms with Gasteiger partial charge in [-0.05, 0) is 0 Å². The summed E-state index contributed by atoms with van der Waals surface area (Å²) in [4.78, 5) is 22.3. The lowest BCUT2D eigenvalue weighted by atomic mass is 10.2. The summed E-state index contributed by atoms with van der Waals surface area (Å²) in [5, 5.41) is 18.6. The van der Waals surface area contributed by atoms with Crippen molar-refractivity contribution in [2.24, 2.45) is 0 Å². The highest BCUT2D eigenvalue weighted by Crippen LogP contribution is 2.00. The first-order chi connectivity index (χ1) is 8.54. The molecule has 0 bridgehead atoms. The van der Waals surface area contributed by atoms with Gasteiger partial charge in [0.05, 0.1) is 13.2 Å². The molecule has 0 amide bonds. The van der Waals surface area contributed by atoms with Crippen molar-refractivity contribution in [2.75, 3.05) is 40.6 Å². The van der Waals surface area contributed by atoms with E-state index in [4.69, 9.17) is 0 Å². The minimum Gasteiger partial charge on any atom is -0.461 e. The third kappa shape index (κ3) is 6.50. The molecule has 2 N–H and O–H groups in total. The van der Waals surface area contributed by atoms with Gasteiger partial charge in [-0.3, -0.25) is 0 Å². The summed E-state index contributed by atoms with van der Waals surface area (Å²) < 4.78 is 18.3. The fourth-order valence-electron chi connectivity index (χ4n) is 0.880. The largest absolute Gasteiger partial charge is 0.461 e. The monoisotopic (exact) mass is 266 g/mol. The van der Waals surface area contributed by atoms with Crippen LogP contribution in [-0.2, 0) is 28.5 Å². The highest BCUT2D eigenvalue weighted by atomic mass is 16.6. The Morgan fingerprint density at radius 3 is 1.44 bits per heavy atom. The second-order valence-electron chi connectivity index (χ2n) is 3.21. The predicted octanol–water partition coefficient (Wildman–Crippen LogP) is -1.91. The maximum absolute atomic E-state index is 11.2. The Balaban J connectivity index is 4.02. The average molecular weight is 266 g/mol. The zero-order chi connectivity index (χ0) is 14.0. The zero-order valence-corrected chi connectivity index (χ0v) is 10.3. The zero-order valence-electron chi connectivity index (χ0n) is 10.3. The minimum absolute atomic E-state index is 0.0855. The van der Waals surface area contributed by atoms with Gasteiger partial charge in [-0.25, -0.2) is 9.59 Å². The number of aliphatic hydroxyl groups excluding tert-OH is 2.